The molecule has 0 aliphatic heterocycles. The molecule has 3 aromatic rings. The lowest BCUT2D eigenvalue weighted by molar-refractivity contribution is 0.0600. The number of nitrogens with zero attached hydrogens (tertiary/aromatic N) is 1. The molecule has 8 heteroatoms. The number of carbonyl (C=O) groups excluding carboxylic acids is 1. The molecular weight excluding hydrogens is 394 g/mol. The van der Waals surface area contributed by atoms with Crippen LogP contribution in [0.2, 0.25) is 5.02 Å². The SMILES string of the molecule is COC(=O)c1cccc(CN(c2sc3ccc(Cl)cc3c2C)S(=O)O)c1. The highest BCUT2D eigenvalue weighted by molar-refractivity contribution is 7.81. The smallest absolute Gasteiger partial charge is 0.337 e. The number of methoxy groups -OCH3 is 1. The van der Waals surface area contributed by atoms with Crippen LogP contribution in [0.3, 0.4) is 0 Å². The van der Waals surface area contributed by atoms with Gasteiger partial charge in [-0.1, -0.05) is 23.7 Å². The number of carbonyl (C=O) groups is 1. The van der Waals surface area contributed by atoms with Gasteiger partial charge in [0.05, 0.1) is 19.2 Å². The Labute approximate surface area is 162 Å². The molecule has 136 valence electrons. The molecule has 0 bridgehead atoms. The summed E-state index contributed by atoms with van der Waals surface area (Å²) in [5.41, 5.74) is 2.01. The fourth-order valence-corrected chi connectivity index (χ4v) is 4.81. The van der Waals surface area contributed by atoms with Gasteiger partial charge in [0, 0.05) is 9.72 Å². The van der Waals surface area contributed by atoms with Crippen molar-refractivity contribution in [3.63, 3.8) is 0 Å². The minimum atomic E-state index is -2.22. The molecule has 0 saturated carbocycles. The first-order valence-electron chi connectivity index (χ1n) is 7.65. The third-order valence-electron chi connectivity index (χ3n) is 3.96. The third kappa shape index (κ3) is 3.76. The van der Waals surface area contributed by atoms with Crippen molar-refractivity contribution in [1.82, 2.24) is 0 Å². The van der Waals surface area contributed by atoms with E-state index in [4.69, 9.17) is 16.3 Å². The van der Waals surface area contributed by atoms with E-state index in [0.717, 1.165) is 21.2 Å². The Morgan fingerprint density at radius 2 is 2.08 bits per heavy atom. The molecule has 5 nitrogen and oxygen atoms in total. The van der Waals surface area contributed by atoms with Crippen molar-refractivity contribution in [1.29, 1.82) is 0 Å². The van der Waals surface area contributed by atoms with Crippen molar-refractivity contribution in [2.75, 3.05) is 11.4 Å². The zero-order valence-corrected chi connectivity index (χ0v) is 16.5. The van der Waals surface area contributed by atoms with Gasteiger partial charge in [-0.15, -0.1) is 11.3 Å². The molecular formula is C18H16ClNO4S2. The molecule has 0 spiro atoms. The number of aryl methyl sites for hydroxylation is 1. The highest BCUT2D eigenvalue weighted by atomic mass is 35.5. The fourth-order valence-electron chi connectivity index (χ4n) is 2.70. The minimum absolute atomic E-state index is 0.176. The second-order valence-corrected chi connectivity index (χ2v) is 8.00. The van der Waals surface area contributed by atoms with Crippen LogP contribution in [0, 0.1) is 6.92 Å². The zero-order chi connectivity index (χ0) is 18.8. The molecule has 1 atom stereocenters. The number of hydrogen-bond acceptors (Lipinski definition) is 4. The van der Waals surface area contributed by atoms with E-state index < -0.39 is 17.2 Å². The summed E-state index contributed by atoms with van der Waals surface area (Å²) in [7, 11) is 1.32. The second-order valence-electron chi connectivity index (χ2n) is 5.63. The van der Waals surface area contributed by atoms with E-state index in [1.54, 1.807) is 30.3 Å². The highest BCUT2D eigenvalue weighted by Gasteiger charge is 2.20. The number of ether oxygens (including phenoxy) is 1. The van der Waals surface area contributed by atoms with Gasteiger partial charge in [-0.25, -0.2) is 9.00 Å². The molecule has 0 radical (unpaired) electrons. The molecule has 3 rings (SSSR count). The van der Waals surface area contributed by atoms with Gasteiger partial charge in [0.1, 0.15) is 5.00 Å². The standard InChI is InChI=1S/C18H16ClNO4S2/c1-11-15-9-14(19)6-7-16(15)25-17(11)20(26(22)23)10-12-4-3-5-13(8-12)18(21)24-2/h3-9H,10H2,1-2H3,(H,22,23). The summed E-state index contributed by atoms with van der Waals surface area (Å²) in [4.78, 5) is 11.7. The van der Waals surface area contributed by atoms with E-state index in [9.17, 15) is 13.6 Å². The van der Waals surface area contributed by atoms with Crippen molar-refractivity contribution in [3.8, 4) is 0 Å². The van der Waals surface area contributed by atoms with Crippen molar-refractivity contribution >= 4 is 55.3 Å². The molecule has 1 heterocycles. The van der Waals surface area contributed by atoms with Crippen LogP contribution in [-0.2, 0) is 22.5 Å². The number of esters is 1. The Balaban J connectivity index is 2.00. The predicted octanol–water partition coefficient (Wildman–Crippen LogP) is 4.79. The normalized spacial score (nSPS) is 12.2. The first-order valence-corrected chi connectivity index (χ1v) is 9.91. The highest BCUT2D eigenvalue weighted by Crippen LogP contribution is 2.39. The molecule has 26 heavy (non-hydrogen) atoms. The topological polar surface area (TPSA) is 66.8 Å². The second kappa shape index (κ2) is 7.75. The Hall–Kier alpha value is -1.93. The summed E-state index contributed by atoms with van der Waals surface area (Å²) < 4.78 is 29.0. The van der Waals surface area contributed by atoms with Gasteiger partial charge in [0.25, 0.3) is 11.3 Å². The van der Waals surface area contributed by atoms with Crippen molar-refractivity contribution < 1.29 is 18.3 Å². The number of rotatable bonds is 5. The van der Waals surface area contributed by atoms with Crippen LogP contribution in [0.25, 0.3) is 10.1 Å². The van der Waals surface area contributed by atoms with Gasteiger partial charge >= 0.3 is 5.97 Å². The lowest BCUT2D eigenvalue weighted by Gasteiger charge is -2.19. The maximum Gasteiger partial charge on any atom is 0.337 e. The van der Waals surface area contributed by atoms with Crippen LogP contribution in [0.5, 0.6) is 0 Å². The largest absolute Gasteiger partial charge is 0.465 e. The number of hydrogen-bond donors (Lipinski definition) is 1. The van der Waals surface area contributed by atoms with Crippen LogP contribution in [0.15, 0.2) is 42.5 Å². The molecule has 2 aromatic carbocycles. The maximum atomic E-state index is 12.0. The molecule has 0 saturated heterocycles. The van der Waals surface area contributed by atoms with E-state index in [2.05, 4.69) is 0 Å². The summed E-state index contributed by atoms with van der Waals surface area (Å²) >= 11 is 5.27. The number of fused-ring (bicyclic) bond motifs is 1. The summed E-state index contributed by atoms with van der Waals surface area (Å²) in [6, 6.07) is 12.4. The summed E-state index contributed by atoms with van der Waals surface area (Å²) in [6.45, 7) is 2.07. The lowest BCUT2D eigenvalue weighted by Crippen LogP contribution is -2.24. The van der Waals surface area contributed by atoms with Gasteiger partial charge < -0.3 is 4.74 Å². The van der Waals surface area contributed by atoms with Crippen LogP contribution in [0.1, 0.15) is 21.5 Å². The molecule has 0 aliphatic carbocycles. The van der Waals surface area contributed by atoms with Crippen LogP contribution in [0.4, 0.5) is 5.00 Å². The minimum Gasteiger partial charge on any atom is -0.465 e. The molecule has 0 amide bonds. The van der Waals surface area contributed by atoms with Gasteiger partial charge in [-0.3, -0.25) is 8.86 Å². The maximum absolute atomic E-state index is 12.0. The van der Waals surface area contributed by atoms with E-state index in [1.807, 2.05) is 19.1 Å². The predicted molar refractivity (Wildman–Crippen MR) is 106 cm³/mol. The fraction of sp³-hybridized carbons (Fsp3) is 0.167. The molecule has 1 unspecified atom stereocenters. The Bertz CT molecular complexity index is 1000. The van der Waals surface area contributed by atoms with Gasteiger partial charge in [-0.2, -0.15) is 0 Å². The average molecular weight is 410 g/mol. The van der Waals surface area contributed by atoms with E-state index in [0.29, 0.717) is 15.6 Å². The summed E-state index contributed by atoms with van der Waals surface area (Å²) in [6.07, 6.45) is 0. The van der Waals surface area contributed by atoms with Crippen LogP contribution < -0.4 is 4.31 Å². The average Bonchev–Trinajstić information content (AvgIpc) is 2.95. The number of halogens is 1. The number of anilines is 1. The van der Waals surface area contributed by atoms with Gasteiger partial charge in [0.2, 0.25) is 0 Å². The monoisotopic (exact) mass is 409 g/mol. The lowest BCUT2D eigenvalue weighted by atomic mass is 10.1. The molecule has 0 fully saturated rings. The van der Waals surface area contributed by atoms with E-state index >= 15 is 0 Å². The Kier molecular flexibility index (Phi) is 5.62. The Morgan fingerprint density at radius 1 is 1.31 bits per heavy atom. The zero-order valence-electron chi connectivity index (χ0n) is 14.1. The summed E-state index contributed by atoms with van der Waals surface area (Å²) in [5.74, 6) is -0.448. The van der Waals surface area contributed by atoms with Crippen molar-refractivity contribution in [2.45, 2.75) is 13.5 Å². The summed E-state index contributed by atoms with van der Waals surface area (Å²) in [5, 5.41) is 2.26. The first kappa shape index (κ1) is 18.8. The van der Waals surface area contributed by atoms with Crippen molar-refractivity contribution in [3.05, 3.63) is 64.2 Å². The molecule has 1 N–H and O–H groups in total. The van der Waals surface area contributed by atoms with E-state index in [1.165, 1.54) is 22.8 Å². The molecule has 1 aromatic heterocycles. The number of benzene rings is 2. The van der Waals surface area contributed by atoms with Gasteiger partial charge in [0.15, 0.2) is 0 Å². The van der Waals surface area contributed by atoms with Gasteiger partial charge in [-0.05, 0) is 53.8 Å². The van der Waals surface area contributed by atoms with E-state index in [-0.39, 0.29) is 6.54 Å². The third-order valence-corrected chi connectivity index (χ3v) is 6.30. The first-order chi connectivity index (χ1) is 12.4. The van der Waals surface area contributed by atoms with Crippen LogP contribution >= 0.6 is 22.9 Å². The number of thiophene rings is 1. The quantitative estimate of drug-likeness (QED) is 0.485. The van der Waals surface area contributed by atoms with Crippen molar-refractivity contribution in [2.24, 2.45) is 0 Å². The molecule has 0 aliphatic rings. The van der Waals surface area contributed by atoms with Crippen LogP contribution in [-0.4, -0.2) is 21.8 Å². The Morgan fingerprint density at radius 3 is 2.77 bits per heavy atom.